The molecular formula is C19H43InN2. The Balaban J connectivity index is 3.88. The van der Waals surface area contributed by atoms with Gasteiger partial charge in [-0.25, -0.2) is 0 Å². The predicted molar refractivity (Wildman–Crippen MR) is 104 cm³/mol. The van der Waals surface area contributed by atoms with Gasteiger partial charge in [-0.15, -0.1) is 0 Å². The Labute approximate surface area is 149 Å². The van der Waals surface area contributed by atoms with Crippen LogP contribution in [-0.2, 0) is 0 Å². The molecule has 2 nitrogen and oxygen atoms in total. The molecule has 132 valence electrons. The van der Waals surface area contributed by atoms with Gasteiger partial charge >= 0.3 is 150 Å². The van der Waals surface area contributed by atoms with E-state index in [0.717, 1.165) is 6.04 Å². The Kier molecular flexibility index (Phi) is 13.6. The maximum absolute atomic E-state index is 2.66. The van der Waals surface area contributed by atoms with Crippen LogP contribution in [0, 0.1) is 0 Å². The molecule has 0 saturated heterocycles. The molecule has 0 rings (SSSR count). The molecule has 0 spiro atoms. The fraction of sp³-hybridized carbons (Fsp3) is 1.00. The van der Waals surface area contributed by atoms with Crippen molar-refractivity contribution in [1.29, 1.82) is 0 Å². The zero-order valence-corrected chi connectivity index (χ0v) is 20.2. The van der Waals surface area contributed by atoms with Gasteiger partial charge in [0.25, 0.3) is 0 Å². The summed E-state index contributed by atoms with van der Waals surface area (Å²) >= 11 is -1.18. The first kappa shape index (κ1) is 22.8. The predicted octanol–water partition coefficient (Wildman–Crippen LogP) is 5.13. The molecule has 0 aliphatic rings. The van der Waals surface area contributed by atoms with Gasteiger partial charge in [-0.1, -0.05) is 0 Å². The maximum atomic E-state index is 2.66. The van der Waals surface area contributed by atoms with Gasteiger partial charge in [0.05, 0.1) is 0 Å². The fourth-order valence-electron chi connectivity index (χ4n) is 3.44. The summed E-state index contributed by atoms with van der Waals surface area (Å²) in [6.45, 7) is 20.2. The van der Waals surface area contributed by atoms with Crippen LogP contribution >= 0.6 is 0 Å². The van der Waals surface area contributed by atoms with Crippen LogP contribution in [0.5, 0.6) is 0 Å². The fourth-order valence-corrected chi connectivity index (χ4v) is 9.28. The third-order valence-electron chi connectivity index (χ3n) is 4.82. The molecule has 0 bridgehead atoms. The normalized spacial score (nSPS) is 12.4. The minimum atomic E-state index is -1.18. The molecule has 0 amide bonds. The first-order valence-electron chi connectivity index (χ1n) is 9.79. The van der Waals surface area contributed by atoms with Crippen molar-refractivity contribution in [3.05, 3.63) is 0 Å². The molecule has 22 heavy (non-hydrogen) atoms. The van der Waals surface area contributed by atoms with Gasteiger partial charge < -0.3 is 0 Å². The van der Waals surface area contributed by atoms with E-state index in [2.05, 4.69) is 62.9 Å². The third kappa shape index (κ3) is 10.5. The van der Waals surface area contributed by atoms with Crippen molar-refractivity contribution in [2.24, 2.45) is 0 Å². The average molecular weight is 414 g/mol. The van der Waals surface area contributed by atoms with Gasteiger partial charge in [-0.3, -0.25) is 0 Å². The van der Waals surface area contributed by atoms with E-state index >= 15 is 0 Å². The Bertz CT molecular complexity index is 246. The zero-order valence-electron chi connectivity index (χ0n) is 16.9. The van der Waals surface area contributed by atoms with Gasteiger partial charge in [0.1, 0.15) is 0 Å². The molecule has 0 aromatic rings. The van der Waals surface area contributed by atoms with Crippen molar-refractivity contribution in [1.82, 2.24) is 9.80 Å². The molecule has 0 aromatic carbocycles. The molecule has 0 N–H and O–H groups in total. The van der Waals surface area contributed by atoms with Crippen molar-refractivity contribution >= 4 is 21.4 Å². The molecular weight excluding hydrogens is 371 g/mol. The molecule has 0 aromatic heterocycles. The van der Waals surface area contributed by atoms with Gasteiger partial charge in [0.15, 0.2) is 0 Å². The molecule has 0 aliphatic carbocycles. The summed E-state index contributed by atoms with van der Waals surface area (Å²) in [5.41, 5.74) is 0. The Morgan fingerprint density at radius 3 is 1.64 bits per heavy atom. The second kappa shape index (κ2) is 13.1. The van der Waals surface area contributed by atoms with Crippen LogP contribution in [0.3, 0.4) is 0 Å². The standard InChI is InChI=1S/2C9H20N.CH3.In/c1-6-7-10(8(2)3)9(4)5;1-5-7-10(8-6-2)9(3)4;;/h8-9H,1,6-7H2,2-5H3;9H,1,5-8H2,2-4H3;1H3;. The summed E-state index contributed by atoms with van der Waals surface area (Å²) in [6, 6.07) is 2.11. The number of rotatable bonds is 13. The van der Waals surface area contributed by atoms with Gasteiger partial charge in [0.2, 0.25) is 0 Å². The average Bonchev–Trinajstić information content (AvgIpc) is 2.41. The molecule has 0 saturated carbocycles. The number of nitrogens with zero attached hydrogens (tertiary/aromatic N) is 2. The molecule has 0 fully saturated rings. The molecule has 0 aliphatic heterocycles. The third-order valence-corrected chi connectivity index (χ3v) is 12.8. The molecule has 3 heteroatoms. The van der Waals surface area contributed by atoms with Gasteiger partial charge in [-0.05, 0) is 0 Å². The SMILES string of the molecule is CCCN(CC[CH2][In]([CH3])[CH2]CCN(C(C)C)C(C)C)C(C)C. The number of hydrogen-bond donors (Lipinski definition) is 0. The van der Waals surface area contributed by atoms with E-state index in [9.17, 15) is 0 Å². The van der Waals surface area contributed by atoms with Crippen molar-refractivity contribution in [2.45, 2.75) is 98.9 Å². The van der Waals surface area contributed by atoms with Crippen molar-refractivity contribution in [3.8, 4) is 0 Å². The van der Waals surface area contributed by atoms with E-state index in [0.29, 0.717) is 12.1 Å². The molecule has 0 radical (unpaired) electrons. The summed E-state index contributed by atoms with van der Waals surface area (Å²) in [6.07, 6.45) is 4.18. The Hall–Kier alpha value is 0.790. The summed E-state index contributed by atoms with van der Waals surface area (Å²) in [5.74, 6) is 0. The summed E-state index contributed by atoms with van der Waals surface area (Å²) in [4.78, 5) is 5.32. The van der Waals surface area contributed by atoms with E-state index in [4.69, 9.17) is 0 Å². The zero-order chi connectivity index (χ0) is 17.1. The van der Waals surface area contributed by atoms with E-state index < -0.39 is 21.4 Å². The van der Waals surface area contributed by atoms with Crippen LogP contribution in [0.4, 0.5) is 0 Å². The van der Waals surface area contributed by atoms with Gasteiger partial charge in [-0.2, -0.15) is 0 Å². The van der Waals surface area contributed by atoms with E-state index in [1.54, 1.807) is 8.35 Å². The first-order valence-corrected chi connectivity index (χ1v) is 17.7. The van der Waals surface area contributed by atoms with Crippen LogP contribution in [0.1, 0.15) is 67.7 Å². The van der Waals surface area contributed by atoms with Crippen LogP contribution < -0.4 is 0 Å². The van der Waals surface area contributed by atoms with Crippen LogP contribution in [0.25, 0.3) is 0 Å². The van der Waals surface area contributed by atoms with Crippen LogP contribution in [0.2, 0.25) is 13.0 Å². The Morgan fingerprint density at radius 2 is 1.23 bits per heavy atom. The summed E-state index contributed by atoms with van der Waals surface area (Å²) < 4.78 is 5.83. The van der Waals surface area contributed by atoms with Crippen molar-refractivity contribution in [3.63, 3.8) is 0 Å². The second-order valence-corrected chi connectivity index (χ2v) is 17.5. The first-order chi connectivity index (χ1) is 10.3. The minimum absolute atomic E-state index is 0.694. The molecule has 0 atom stereocenters. The monoisotopic (exact) mass is 414 g/mol. The second-order valence-electron chi connectivity index (χ2n) is 7.94. The van der Waals surface area contributed by atoms with Gasteiger partial charge in [0, 0.05) is 0 Å². The molecule has 0 heterocycles. The quantitative estimate of drug-likeness (QED) is 0.412. The van der Waals surface area contributed by atoms with E-state index in [1.165, 1.54) is 38.9 Å². The van der Waals surface area contributed by atoms with Crippen molar-refractivity contribution < 1.29 is 0 Å². The van der Waals surface area contributed by atoms with Crippen molar-refractivity contribution in [2.75, 3.05) is 19.6 Å². The van der Waals surface area contributed by atoms with Crippen LogP contribution in [-0.4, -0.2) is 69.0 Å². The Morgan fingerprint density at radius 1 is 0.727 bits per heavy atom. The van der Waals surface area contributed by atoms with Crippen LogP contribution in [0.15, 0.2) is 0 Å². The van der Waals surface area contributed by atoms with E-state index in [-0.39, 0.29) is 0 Å². The number of hydrogen-bond acceptors (Lipinski definition) is 2. The topological polar surface area (TPSA) is 6.48 Å². The summed E-state index contributed by atoms with van der Waals surface area (Å²) in [7, 11) is 0. The van der Waals surface area contributed by atoms with E-state index in [1.807, 2.05) is 0 Å². The summed E-state index contributed by atoms with van der Waals surface area (Å²) in [5, 5.41) is 0. The molecule has 0 unspecified atom stereocenters.